The summed E-state index contributed by atoms with van der Waals surface area (Å²) in [4.78, 5) is 54.8. The van der Waals surface area contributed by atoms with E-state index in [2.05, 4.69) is 16.7 Å². The second-order valence-electron chi connectivity index (χ2n) is 10.2. The molecule has 1 aliphatic heterocycles. The van der Waals surface area contributed by atoms with Crippen molar-refractivity contribution in [3.05, 3.63) is 71.8 Å². The Labute approximate surface area is 234 Å². The van der Waals surface area contributed by atoms with Gasteiger partial charge in [-0.05, 0) is 67.8 Å². The van der Waals surface area contributed by atoms with Crippen LogP contribution in [0.15, 0.2) is 60.7 Å². The number of aliphatic carboxylic acids is 1. The van der Waals surface area contributed by atoms with Crippen LogP contribution in [-0.2, 0) is 25.7 Å². The molecule has 3 aromatic rings. The van der Waals surface area contributed by atoms with Crippen molar-refractivity contribution >= 4 is 45.8 Å². The standard InChI is InChI=1S/C31H36N4O5/c1-20-16-17-22-10-4-5-11-23(22)24(20)18-35-27-13-7-6-12-26(27)34(28(36)14-8-9-15-29(37)38)19-25(31(35)40)33-30(39)21(2)32-3/h4-7,10-13,16-17,21,25,32H,8-9,14-15,18-19H2,1-3H3,(H,33,39)(H,37,38)/t21-,25?/m0/s1. The number of aryl methyl sites for hydroxylation is 1. The molecule has 3 aromatic carbocycles. The molecule has 1 heterocycles. The topological polar surface area (TPSA) is 119 Å². The first kappa shape index (κ1) is 28.8. The first-order chi connectivity index (χ1) is 19.2. The molecule has 0 bridgehead atoms. The van der Waals surface area contributed by atoms with Gasteiger partial charge in [0.1, 0.15) is 6.04 Å². The molecular formula is C31H36N4O5. The van der Waals surface area contributed by atoms with Crippen molar-refractivity contribution in [3.8, 4) is 0 Å². The Hall–Kier alpha value is -4.24. The second kappa shape index (κ2) is 12.7. The molecular weight excluding hydrogens is 508 g/mol. The number of fused-ring (bicyclic) bond motifs is 2. The van der Waals surface area contributed by atoms with Crippen molar-refractivity contribution in [1.82, 2.24) is 10.6 Å². The first-order valence-corrected chi connectivity index (χ1v) is 13.6. The number of nitrogens with zero attached hydrogens (tertiary/aromatic N) is 2. The summed E-state index contributed by atoms with van der Waals surface area (Å²) in [6.45, 7) is 3.95. The van der Waals surface area contributed by atoms with Gasteiger partial charge in [-0.15, -0.1) is 0 Å². The number of carbonyl (C=O) groups excluding carboxylic acids is 3. The minimum absolute atomic E-state index is 0.0128. The molecule has 1 unspecified atom stereocenters. The summed E-state index contributed by atoms with van der Waals surface area (Å²) in [7, 11) is 1.66. The monoisotopic (exact) mass is 544 g/mol. The molecule has 2 atom stereocenters. The Morgan fingerprint density at radius 1 is 0.975 bits per heavy atom. The molecule has 3 amide bonds. The van der Waals surface area contributed by atoms with Gasteiger partial charge < -0.3 is 25.5 Å². The molecule has 0 saturated carbocycles. The van der Waals surface area contributed by atoms with Crippen molar-refractivity contribution in [2.45, 2.75) is 58.2 Å². The van der Waals surface area contributed by atoms with Crippen LogP contribution in [0.3, 0.4) is 0 Å². The number of amides is 3. The fraction of sp³-hybridized carbons (Fsp3) is 0.355. The zero-order valence-corrected chi connectivity index (χ0v) is 23.1. The number of hydrogen-bond acceptors (Lipinski definition) is 5. The van der Waals surface area contributed by atoms with E-state index in [4.69, 9.17) is 5.11 Å². The summed E-state index contributed by atoms with van der Waals surface area (Å²) < 4.78 is 0. The fourth-order valence-electron chi connectivity index (χ4n) is 5.02. The molecule has 210 valence electrons. The van der Waals surface area contributed by atoms with Gasteiger partial charge in [0, 0.05) is 12.8 Å². The number of nitrogens with one attached hydrogen (secondary N) is 2. The maximum Gasteiger partial charge on any atom is 0.303 e. The molecule has 9 nitrogen and oxygen atoms in total. The van der Waals surface area contributed by atoms with Crippen LogP contribution in [0, 0.1) is 6.92 Å². The Balaban J connectivity index is 1.75. The van der Waals surface area contributed by atoms with Gasteiger partial charge in [-0.25, -0.2) is 0 Å². The number of carboxylic acids is 1. The molecule has 3 N–H and O–H groups in total. The predicted octanol–water partition coefficient (Wildman–Crippen LogP) is 3.77. The molecule has 0 aliphatic carbocycles. The fourth-order valence-corrected chi connectivity index (χ4v) is 5.02. The lowest BCUT2D eigenvalue weighted by atomic mass is 9.99. The van der Waals surface area contributed by atoms with Crippen molar-refractivity contribution < 1.29 is 24.3 Å². The first-order valence-electron chi connectivity index (χ1n) is 13.6. The highest BCUT2D eigenvalue weighted by Gasteiger charge is 2.37. The van der Waals surface area contributed by atoms with Crippen LogP contribution in [0.25, 0.3) is 10.8 Å². The number of hydrogen-bond donors (Lipinski definition) is 3. The molecule has 0 radical (unpaired) electrons. The zero-order chi connectivity index (χ0) is 28.8. The predicted molar refractivity (Wildman–Crippen MR) is 155 cm³/mol. The van der Waals surface area contributed by atoms with Crippen LogP contribution in [0.1, 0.15) is 43.7 Å². The minimum atomic E-state index is -0.978. The van der Waals surface area contributed by atoms with Crippen molar-refractivity contribution in [1.29, 1.82) is 0 Å². The Kier molecular flexibility index (Phi) is 9.16. The molecule has 4 rings (SSSR count). The van der Waals surface area contributed by atoms with E-state index in [0.717, 1.165) is 21.9 Å². The van der Waals surface area contributed by atoms with Crippen LogP contribution in [0.2, 0.25) is 0 Å². The Morgan fingerprint density at radius 3 is 2.38 bits per heavy atom. The van der Waals surface area contributed by atoms with E-state index in [1.54, 1.807) is 29.8 Å². The van der Waals surface area contributed by atoms with E-state index in [0.29, 0.717) is 24.2 Å². The molecule has 9 heteroatoms. The lowest BCUT2D eigenvalue weighted by Crippen LogP contribution is -2.55. The van der Waals surface area contributed by atoms with E-state index in [-0.39, 0.29) is 43.7 Å². The van der Waals surface area contributed by atoms with Crippen LogP contribution in [0.4, 0.5) is 11.4 Å². The molecule has 0 aromatic heterocycles. The largest absolute Gasteiger partial charge is 0.481 e. The maximum atomic E-state index is 14.2. The number of likely N-dealkylation sites (N-methyl/N-ethyl adjacent to an activating group) is 1. The number of carboxylic acid groups (broad SMARTS) is 1. The third-order valence-electron chi connectivity index (χ3n) is 7.46. The number of para-hydroxylation sites is 2. The van der Waals surface area contributed by atoms with Crippen LogP contribution >= 0.6 is 0 Å². The number of rotatable bonds is 10. The lowest BCUT2D eigenvalue weighted by molar-refractivity contribution is -0.137. The molecule has 0 saturated heterocycles. The third-order valence-corrected chi connectivity index (χ3v) is 7.46. The van der Waals surface area contributed by atoms with E-state index in [1.165, 1.54) is 0 Å². The molecule has 40 heavy (non-hydrogen) atoms. The number of unbranched alkanes of at least 4 members (excludes halogenated alkanes) is 1. The van der Waals surface area contributed by atoms with Gasteiger partial charge in [0.05, 0.1) is 30.5 Å². The van der Waals surface area contributed by atoms with Gasteiger partial charge in [0.25, 0.3) is 5.91 Å². The highest BCUT2D eigenvalue weighted by atomic mass is 16.4. The maximum absolute atomic E-state index is 14.2. The van der Waals surface area contributed by atoms with E-state index in [9.17, 15) is 19.2 Å². The smallest absolute Gasteiger partial charge is 0.303 e. The quantitative estimate of drug-likeness (QED) is 0.335. The van der Waals surface area contributed by atoms with Gasteiger partial charge in [0.2, 0.25) is 11.8 Å². The summed E-state index contributed by atoms with van der Waals surface area (Å²) in [5, 5.41) is 16.8. The highest BCUT2D eigenvalue weighted by Crippen LogP contribution is 2.36. The zero-order valence-electron chi connectivity index (χ0n) is 23.1. The average Bonchev–Trinajstić information content (AvgIpc) is 3.06. The van der Waals surface area contributed by atoms with Crippen LogP contribution < -0.4 is 20.4 Å². The summed E-state index contributed by atoms with van der Waals surface area (Å²) in [6, 6.07) is 17.9. The SMILES string of the molecule is CN[C@@H](C)C(=O)NC1CN(C(=O)CCCCC(=O)O)c2ccccc2N(Cc2c(C)ccc3ccccc23)C1=O. The van der Waals surface area contributed by atoms with Gasteiger partial charge in [-0.3, -0.25) is 19.2 Å². The number of benzene rings is 3. The summed E-state index contributed by atoms with van der Waals surface area (Å²) in [6.07, 6.45) is 0.902. The summed E-state index contributed by atoms with van der Waals surface area (Å²) >= 11 is 0. The average molecular weight is 545 g/mol. The lowest BCUT2D eigenvalue weighted by Gasteiger charge is -2.27. The van der Waals surface area contributed by atoms with Crippen LogP contribution in [0.5, 0.6) is 0 Å². The van der Waals surface area contributed by atoms with Crippen molar-refractivity contribution in [3.63, 3.8) is 0 Å². The number of anilines is 2. The Morgan fingerprint density at radius 2 is 1.65 bits per heavy atom. The second-order valence-corrected chi connectivity index (χ2v) is 10.2. The normalized spacial score (nSPS) is 15.9. The van der Waals surface area contributed by atoms with Crippen LogP contribution in [-0.4, -0.2) is 54.5 Å². The molecule has 0 fully saturated rings. The summed E-state index contributed by atoms with van der Waals surface area (Å²) in [5.41, 5.74) is 3.18. The van der Waals surface area contributed by atoms with Crippen molar-refractivity contribution in [2.24, 2.45) is 0 Å². The third kappa shape index (κ3) is 6.31. The highest BCUT2D eigenvalue weighted by molar-refractivity contribution is 6.08. The van der Waals surface area contributed by atoms with Gasteiger partial charge in [0.15, 0.2) is 0 Å². The minimum Gasteiger partial charge on any atom is -0.481 e. The van der Waals surface area contributed by atoms with E-state index >= 15 is 0 Å². The van der Waals surface area contributed by atoms with E-state index in [1.807, 2.05) is 55.5 Å². The number of carbonyl (C=O) groups is 4. The molecule has 0 spiro atoms. The molecule has 1 aliphatic rings. The Bertz CT molecular complexity index is 1420. The van der Waals surface area contributed by atoms with Gasteiger partial charge in [-0.1, -0.05) is 48.5 Å². The van der Waals surface area contributed by atoms with Gasteiger partial charge in [-0.2, -0.15) is 0 Å². The van der Waals surface area contributed by atoms with Gasteiger partial charge >= 0.3 is 5.97 Å². The summed E-state index contributed by atoms with van der Waals surface area (Å²) in [5.74, 6) is -1.78. The van der Waals surface area contributed by atoms with E-state index < -0.39 is 18.1 Å². The van der Waals surface area contributed by atoms with Crippen molar-refractivity contribution in [2.75, 3.05) is 23.4 Å².